The lowest BCUT2D eigenvalue weighted by molar-refractivity contribution is -0.384. The van der Waals surface area contributed by atoms with E-state index < -0.39 is 4.92 Å². The fourth-order valence-corrected chi connectivity index (χ4v) is 4.44. The van der Waals surface area contributed by atoms with Crippen molar-refractivity contribution in [2.24, 2.45) is 0 Å². The molecule has 35 heavy (non-hydrogen) atoms. The molecule has 3 unspecified atom stereocenters. The van der Waals surface area contributed by atoms with Gasteiger partial charge in [0.25, 0.3) is 5.69 Å². The number of nitrogens with zero attached hydrogens (tertiary/aromatic N) is 4. The lowest BCUT2D eigenvalue weighted by Gasteiger charge is -2.39. The van der Waals surface area contributed by atoms with Crippen molar-refractivity contribution in [3.63, 3.8) is 0 Å². The number of nitro benzene ring substituents is 1. The van der Waals surface area contributed by atoms with Gasteiger partial charge in [-0.05, 0) is 45.0 Å². The van der Waals surface area contributed by atoms with Crippen LogP contribution in [0.3, 0.4) is 0 Å². The second-order valence-electron chi connectivity index (χ2n) is 9.13. The highest BCUT2D eigenvalue weighted by Crippen LogP contribution is 2.26. The Morgan fingerprint density at radius 1 is 1.14 bits per heavy atom. The van der Waals surface area contributed by atoms with Gasteiger partial charge in [-0.2, -0.15) is 5.10 Å². The summed E-state index contributed by atoms with van der Waals surface area (Å²) in [5.74, 6) is -0.0954. The van der Waals surface area contributed by atoms with E-state index in [1.165, 1.54) is 12.1 Å². The number of aromatic nitrogens is 2. The molecule has 1 amide bonds. The van der Waals surface area contributed by atoms with E-state index in [4.69, 9.17) is 9.84 Å². The molecule has 2 aromatic carbocycles. The summed E-state index contributed by atoms with van der Waals surface area (Å²) < 4.78 is 7.54. The molecular formula is C26H31N5O4. The van der Waals surface area contributed by atoms with Gasteiger partial charge in [0.1, 0.15) is 0 Å². The molecule has 3 aromatic rings. The van der Waals surface area contributed by atoms with Gasteiger partial charge in [0.05, 0.1) is 34.9 Å². The van der Waals surface area contributed by atoms with Crippen LogP contribution in [0, 0.1) is 10.1 Å². The third kappa shape index (κ3) is 6.12. The molecule has 1 saturated heterocycles. The number of amides is 1. The Hall–Kier alpha value is -3.56. The molecule has 1 aliphatic rings. The Labute approximate surface area is 204 Å². The number of hydrogen-bond donors (Lipinski definition) is 1. The zero-order valence-corrected chi connectivity index (χ0v) is 20.3. The molecule has 2 heterocycles. The number of nitrogens with one attached hydrogen (secondary N) is 1. The average molecular weight is 478 g/mol. The monoisotopic (exact) mass is 477 g/mol. The lowest BCUT2D eigenvalue weighted by Crippen LogP contribution is -2.52. The van der Waals surface area contributed by atoms with Crippen LogP contribution in [0.2, 0.25) is 0 Å². The first-order valence-electron chi connectivity index (χ1n) is 11.8. The van der Waals surface area contributed by atoms with E-state index in [1.807, 2.05) is 36.5 Å². The predicted octanol–water partition coefficient (Wildman–Crippen LogP) is 3.60. The molecule has 1 aromatic heterocycles. The Morgan fingerprint density at radius 3 is 2.43 bits per heavy atom. The van der Waals surface area contributed by atoms with Crippen LogP contribution >= 0.6 is 0 Å². The van der Waals surface area contributed by atoms with Gasteiger partial charge < -0.3 is 10.1 Å². The van der Waals surface area contributed by atoms with Gasteiger partial charge in [0, 0.05) is 55.1 Å². The number of nitro groups is 1. The largest absolute Gasteiger partial charge is 0.373 e. The standard InChI is InChI=1S/C26H31N5O4/c1-18(29-15-19(2)35-20(3)16-29)14-27-25(32)13-22-17-30(23-7-5-4-6-8-23)28-26(22)21-9-11-24(12-10-21)31(33)34/h4-12,17-20H,13-16H2,1-3H3,(H,27,32). The second kappa shape index (κ2) is 10.8. The number of morpholine rings is 1. The van der Waals surface area contributed by atoms with Crippen LogP contribution in [0.4, 0.5) is 5.69 Å². The smallest absolute Gasteiger partial charge is 0.269 e. The molecule has 0 bridgehead atoms. The Morgan fingerprint density at radius 2 is 1.80 bits per heavy atom. The van der Waals surface area contributed by atoms with Crippen LogP contribution < -0.4 is 5.32 Å². The molecule has 4 rings (SSSR count). The number of carbonyl (C=O) groups excluding carboxylic acids is 1. The van der Waals surface area contributed by atoms with E-state index in [0.29, 0.717) is 12.2 Å². The van der Waals surface area contributed by atoms with Crippen molar-refractivity contribution in [1.82, 2.24) is 20.0 Å². The first-order chi connectivity index (χ1) is 16.8. The van der Waals surface area contributed by atoms with E-state index in [2.05, 4.69) is 31.0 Å². The highest BCUT2D eigenvalue weighted by Gasteiger charge is 2.26. The number of para-hydroxylation sites is 1. The van der Waals surface area contributed by atoms with Crippen molar-refractivity contribution in [1.29, 1.82) is 0 Å². The second-order valence-corrected chi connectivity index (χ2v) is 9.13. The molecule has 1 fully saturated rings. The highest BCUT2D eigenvalue weighted by molar-refractivity contribution is 5.81. The fraction of sp³-hybridized carbons (Fsp3) is 0.385. The molecule has 9 nitrogen and oxygen atoms in total. The summed E-state index contributed by atoms with van der Waals surface area (Å²) in [4.78, 5) is 25.9. The van der Waals surface area contributed by atoms with E-state index in [-0.39, 0.29) is 36.3 Å². The molecule has 0 saturated carbocycles. The summed E-state index contributed by atoms with van der Waals surface area (Å²) in [6.45, 7) is 8.47. The van der Waals surface area contributed by atoms with Gasteiger partial charge in [0.2, 0.25) is 5.91 Å². The van der Waals surface area contributed by atoms with Crippen LogP contribution in [-0.2, 0) is 16.0 Å². The minimum absolute atomic E-state index is 0.0104. The van der Waals surface area contributed by atoms with Crippen LogP contribution in [-0.4, -0.2) is 63.4 Å². The number of rotatable bonds is 8. The number of non-ortho nitro benzene ring substituents is 1. The van der Waals surface area contributed by atoms with Gasteiger partial charge in [-0.15, -0.1) is 0 Å². The Balaban J connectivity index is 1.50. The van der Waals surface area contributed by atoms with Crippen LogP contribution in [0.25, 0.3) is 16.9 Å². The number of hydrogen-bond acceptors (Lipinski definition) is 6. The Bertz CT molecular complexity index is 1150. The molecular weight excluding hydrogens is 446 g/mol. The minimum atomic E-state index is -0.433. The molecule has 9 heteroatoms. The zero-order chi connectivity index (χ0) is 24.9. The maximum atomic E-state index is 12.9. The predicted molar refractivity (Wildman–Crippen MR) is 133 cm³/mol. The summed E-state index contributed by atoms with van der Waals surface area (Å²) in [6.07, 6.45) is 2.34. The maximum absolute atomic E-state index is 12.9. The summed E-state index contributed by atoms with van der Waals surface area (Å²) in [6, 6.07) is 16.1. The molecule has 3 atom stereocenters. The third-order valence-electron chi connectivity index (χ3n) is 6.18. The zero-order valence-electron chi connectivity index (χ0n) is 20.3. The van der Waals surface area contributed by atoms with Gasteiger partial charge >= 0.3 is 0 Å². The van der Waals surface area contributed by atoms with Gasteiger partial charge in [-0.1, -0.05) is 18.2 Å². The van der Waals surface area contributed by atoms with E-state index in [9.17, 15) is 14.9 Å². The molecule has 0 aliphatic carbocycles. The third-order valence-corrected chi connectivity index (χ3v) is 6.18. The Kier molecular flexibility index (Phi) is 7.57. The summed E-state index contributed by atoms with van der Waals surface area (Å²) in [7, 11) is 0. The van der Waals surface area contributed by atoms with Crippen LogP contribution in [0.5, 0.6) is 0 Å². The summed E-state index contributed by atoms with van der Waals surface area (Å²) >= 11 is 0. The van der Waals surface area contributed by atoms with Crippen molar-refractivity contribution in [3.05, 3.63) is 76.5 Å². The normalized spacial score (nSPS) is 19.3. The molecule has 1 N–H and O–H groups in total. The van der Waals surface area contributed by atoms with Gasteiger partial charge in [0.15, 0.2) is 0 Å². The first-order valence-corrected chi connectivity index (χ1v) is 11.8. The van der Waals surface area contributed by atoms with Gasteiger partial charge in [-0.3, -0.25) is 19.8 Å². The quantitative estimate of drug-likeness (QED) is 0.393. The lowest BCUT2D eigenvalue weighted by atomic mass is 10.1. The summed E-state index contributed by atoms with van der Waals surface area (Å²) in [5.41, 5.74) is 2.98. The van der Waals surface area contributed by atoms with Crippen LogP contribution in [0.1, 0.15) is 26.3 Å². The fourth-order valence-electron chi connectivity index (χ4n) is 4.44. The van der Waals surface area contributed by atoms with Crippen LogP contribution in [0.15, 0.2) is 60.8 Å². The van der Waals surface area contributed by atoms with Crippen molar-refractivity contribution < 1.29 is 14.5 Å². The minimum Gasteiger partial charge on any atom is -0.373 e. The first kappa shape index (κ1) is 24.6. The van der Waals surface area contributed by atoms with Gasteiger partial charge in [-0.25, -0.2) is 4.68 Å². The van der Waals surface area contributed by atoms with E-state index in [0.717, 1.165) is 29.9 Å². The summed E-state index contributed by atoms with van der Waals surface area (Å²) in [5, 5.41) is 18.8. The molecule has 1 aliphatic heterocycles. The van der Waals surface area contributed by atoms with Crippen molar-refractivity contribution in [3.8, 4) is 16.9 Å². The highest BCUT2D eigenvalue weighted by atomic mass is 16.6. The topological polar surface area (TPSA) is 103 Å². The number of ether oxygens (including phenoxy) is 1. The van der Waals surface area contributed by atoms with Crippen molar-refractivity contribution >= 4 is 11.6 Å². The SMILES string of the molecule is CC1CN(C(C)CNC(=O)Cc2cn(-c3ccccc3)nc2-c2ccc([N+](=O)[O-])cc2)CC(C)O1. The number of benzene rings is 2. The molecule has 0 spiro atoms. The maximum Gasteiger partial charge on any atom is 0.269 e. The van der Waals surface area contributed by atoms with Crippen molar-refractivity contribution in [2.45, 2.75) is 45.4 Å². The molecule has 184 valence electrons. The molecule has 0 radical (unpaired) electrons. The van der Waals surface area contributed by atoms with Crippen molar-refractivity contribution in [2.75, 3.05) is 19.6 Å². The van der Waals surface area contributed by atoms with E-state index >= 15 is 0 Å². The van der Waals surface area contributed by atoms with E-state index in [1.54, 1.807) is 16.8 Å². The average Bonchev–Trinajstić information content (AvgIpc) is 3.26. The number of carbonyl (C=O) groups is 1.